The van der Waals surface area contributed by atoms with Gasteiger partial charge in [0.2, 0.25) is 11.8 Å². The first-order valence-corrected chi connectivity index (χ1v) is 10.4. The first-order valence-electron chi connectivity index (χ1n) is 9.28. The molecular weight excluding hydrogens is 356 g/mol. The van der Waals surface area contributed by atoms with Crippen LogP contribution in [0.1, 0.15) is 24.5 Å². The molecule has 2 amide bonds. The number of nitrogens with one attached hydrogen (secondary N) is 1. The van der Waals surface area contributed by atoms with E-state index in [-0.39, 0.29) is 11.8 Å². The Balaban J connectivity index is 1.88. The molecule has 0 spiro atoms. The number of nitrogens with zero attached hydrogens (tertiary/aromatic N) is 1. The van der Waals surface area contributed by atoms with Crippen LogP contribution in [0.15, 0.2) is 60.7 Å². The Morgan fingerprint density at radius 2 is 1.59 bits per heavy atom. The molecule has 1 atom stereocenters. The van der Waals surface area contributed by atoms with E-state index in [4.69, 9.17) is 0 Å². The van der Waals surface area contributed by atoms with Gasteiger partial charge in [-0.2, -0.15) is 11.8 Å². The van der Waals surface area contributed by atoms with Gasteiger partial charge in [0.05, 0.1) is 0 Å². The number of amides is 2. The quantitative estimate of drug-likeness (QED) is 0.638. The molecule has 0 fully saturated rings. The van der Waals surface area contributed by atoms with Crippen molar-refractivity contribution in [2.75, 3.05) is 19.3 Å². The lowest BCUT2D eigenvalue weighted by atomic mass is 10.1. The molecule has 0 unspecified atom stereocenters. The molecule has 0 bridgehead atoms. The third kappa shape index (κ3) is 7.10. The van der Waals surface area contributed by atoms with Gasteiger partial charge in [-0.1, -0.05) is 60.7 Å². The summed E-state index contributed by atoms with van der Waals surface area (Å²) in [4.78, 5) is 26.5. The van der Waals surface area contributed by atoms with Gasteiger partial charge in [0, 0.05) is 31.5 Å². The first-order chi connectivity index (χ1) is 13.1. The largest absolute Gasteiger partial charge is 0.357 e. The maximum Gasteiger partial charge on any atom is 0.242 e. The van der Waals surface area contributed by atoms with Crippen molar-refractivity contribution >= 4 is 23.6 Å². The lowest BCUT2D eigenvalue weighted by molar-refractivity contribution is -0.139. The molecule has 0 aliphatic rings. The molecule has 2 rings (SSSR count). The number of carbonyl (C=O) groups is 2. The second-order valence-electron chi connectivity index (χ2n) is 6.40. The van der Waals surface area contributed by atoms with Gasteiger partial charge in [-0.15, -0.1) is 0 Å². The molecule has 0 saturated carbocycles. The van der Waals surface area contributed by atoms with Gasteiger partial charge in [-0.05, 0) is 24.5 Å². The number of thioether (sulfide) groups is 1. The van der Waals surface area contributed by atoms with E-state index < -0.39 is 6.04 Å². The van der Waals surface area contributed by atoms with Gasteiger partial charge in [0.25, 0.3) is 0 Å². The number of hydrogen-bond donors (Lipinski definition) is 1. The highest BCUT2D eigenvalue weighted by atomic mass is 32.2. The molecule has 0 aliphatic heterocycles. The van der Waals surface area contributed by atoms with Crippen molar-refractivity contribution in [2.24, 2.45) is 0 Å². The summed E-state index contributed by atoms with van der Waals surface area (Å²) >= 11 is 1.74. The predicted octanol–water partition coefficient (Wildman–Crippen LogP) is 3.52. The lowest BCUT2D eigenvalue weighted by Crippen LogP contribution is -2.48. The molecule has 144 valence electrons. The van der Waals surface area contributed by atoms with E-state index in [1.165, 1.54) is 5.56 Å². The number of carbonyl (C=O) groups excluding carboxylic acids is 2. The van der Waals surface area contributed by atoms with E-state index in [1.807, 2.05) is 48.5 Å². The van der Waals surface area contributed by atoms with Crippen molar-refractivity contribution in [1.82, 2.24) is 10.2 Å². The zero-order chi connectivity index (χ0) is 19.5. The van der Waals surface area contributed by atoms with Crippen molar-refractivity contribution in [1.29, 1.82) is 0 Å². The Morgan fingerprint density at radius 1 is 1.00 bits per heavy atom. The smallest absolute Gasteiger partial charge is 0.242 e. The molecule has 4 nitrogen and oxygen atoms in total. The van der Waals surface area contributed by atoms with E-state index in [2.05, 4.69) is 17.4 Å². The van der Waals surface area contributed by atoms with E-state index in [9.17, 15) is 9.59 Å². The Morgan fingerprint density at radius 3 is 2.19 bits per heavy atom. The highest BCUT2D eigenvalue weighted by Gasteiger charge is 2.24. The molecule has 0 radical (unpaired) electrons. The number of benzene rings is 2. The SMILES string of the molecule is CNC(=O)[C@H](C)N(CCc1ccccc1)C(=O)CCSCc1ccccc1. The normalized spacial score (nSPS) is 11.6. The van der Waals surface area contributed by atoms with Crippen LogP contribution in [-0.2, 0) is 21.8 Å². The Labute approximate surface area is 166 Å². The lowest BCUT2D eigenvalue weighted by Gasteiger charge is -2.28. The third-order valence-corrected chi connectivity index (χ3v) is 5.50. The minimum Gasteiger partial charge on any atom is -0.357 e. The first kappa shape index (κ1) is 21.0. The average Bonchev–Trinajstić information content (AvgIpc) is 2.72. The van der Waals surface area contributed by atoms with Crippen LogP contribution in [0, 0.1) is 0 Å². The second-order valence-corrected chi connectivity index (χ2v) is 7.51. The third-order valence-electron chi connectivity index (χ3n) is 4.47. The van der Waals surface area contributed by atoms with Gasteiger partial charge < -0.3 is 10.2 Å². The molecule has 2 aromatic carbocycles. The fourth-order valence-corrected chi connectivity index (χ4v) is 3.74. The molecule has 5 heteroatoms. The molecule has 1 N–H and O–H groups in total. The number of hydrogen-bond acceptors (Lipinski definition) is 3. The maximum absolute atomic E-state index is 12.8. The molecule has 0 aromatic heterocycles. The summed E-state index contributed by atoms with van der Waals surface area (Å²) in [7, 11) is 1.61. The monoisotopic (exact) mass is 384 g/mol. The van der Waals surface area contributed by atoms with Crippen LogP contribution < -0.4 is 5.32 Å². The summed E-state index contributed by atoms with van der Waals surface area (Å²) in [6.07, 6.45) is 1.18. The predicted molar refractivity (Wildman–Crippen MR) is 113 cm³/mol. The van der Waals surface area contributed by atoms with Crippen LogP contribution in [0.3, 0.4) is 0 Å². The second kappa shape index (κ2) is 11.4. The summed E-state index contributed by atoms with van der Waals surface area (Å²) in [6, 6.07) is 19.8. The summed E-state index contributed by atoms with van der Waals surface area (Å²) in [6.45, 7) is 2.33. The highest BCUT2D eigenvalue weighted by molar-refractivity contribution is 7.98. The fourth-order valence-electron chi connectivity index (χ4n) is 2.85. The van der Waals surface area contributed by atoms with Crippen molar-refractivity contribution in [3.8, 4) is 0 Å². The standard InChI is InChI=1S/C22H28N2O2S/c1-18(22(26)23-2)24(15-13-19-9-5-3-6-10-19)21(25)14-16-27-17-20-11-7-4-8-12-20/h3-12,18H,13-17H2,1-2H3,(H,23,26)/t18-/m0/s1. The molecule has 0 aliphatic carbocycles. The van der Waals surface area contributed by atoms with E-state index in [1.54, 1.807) is 30.6 Å². The summed E-state index contributed by atoms with van der Waals surface area (Å²) < 4.78 is 0. The van der Waals surface area contributed by atoms with Crippen LogP contribution in [-0.4, -0.2) is 42.1 Å². The van der Waals surface area contributed by atoms with Gasteiger partial charge in [0.1, 0.15) is 6.04 Å². The van der Waals surface area contributed by atoms with Crippen molar-refractivity contribution < 1.29 is 9.59 Å². The van der Waals surface area contributed by atoms with Crippen molar-refractivity contribution in [3.63, 3.8) is 0 Å². The minimum atomic E-state index is -0.467. The Bertz CT molecular complexity index is 707. The molecular formula is C22H28N2O2S. The molecule has 2 aromatic rings. The molecule has 27 heavy (non-hydrogen) atoms. The summed E-state index contributed by atoms with van der Waals surface area (Å²) in [5, 5.41) is 2.65. The zero-order valence-electron chi connectivity index (χ0n) is 16.1. The van der Waals surface area contributed by atoms with Gasteiger partial charge in [0.15, 0.2) is 0 Å². The molecule has 0 heterocycles. The fraction of sp³-hybridized carbons (Fsp3) is 0.364. The van der Waals surface area contributed by atoms with Crippen LogP contribution in [0.5, 0.6) is 0 Å². The van der Waals surface area contributed by atoms with E-state index in [0.29, 0.717) is 13.0 Å². The van der Waals surface area contributed by atoms with Crippen LogP contribution in [0.2, 0.25) is 0 Å². The molecule has 0 saturated heterocycles. The highest BCUT2D eigenvalue weighted by Crippen LogP contribution is 2.14. The summed E-state index contributed by atoms with van der Waals surface area (Å²) in [5.74, 6) is 1.54. The summed E-state index contributed by atoms with van der Waals surface area (Å²) in [5.41, 5.74) is 2.42. The van der Waals surface area contributed by atoms with Crippen LogP contribution in [0.4, 0.5) is 0 Å². The van der Waals surface area contributed by atoms with Crippen molar-refractivity contribution in [2.45, 2.75) is 31.6 Å². The zero-order valence-corrected chi connectivity index (χ0v) is 16.9. The Hall–Kier alpha value is -2.27. The topological polar surface area (TPSA) is 49.4 Å². The van der Waals surface area contributed by atoms with E-state index >= 15 is 0 Å². The van der Waals surface area contributed by atoms with E-state index in [0.717, 1.165) is 23.5 Å². The Kier molecular flexibility index (Phi) is 8.92. The van der Waals surface area contributed by atoms with Gasteiger partial charge >= 0.3 is 0 Å². The number of rotatable bonds is 10. The van der Waals surface area contributed by atoms with Gasteiger partial charge in [-0.3, -0.25) is 9.59 Å². The number of likely N-dealkylation sites (N-methyl/N-ethyl adjacent to an activating group) is 1. The average molecular weight is 385 g/mol. The van der Waals surface area contributed by atoms with Crippen molar-refractivity contribution in [3.05, 3.63) is 71.8 Å². The van der Waals surface area contributed by atoms with Gasteiger partial charge in [-0.25, -0.2) is 0 Å². The minimum absolute atomic E-state index is 0.0302. The maximum atomic E-state index is 12.8. The van der Waals surface area contributed by atoms with Crippen LogP contribution in [0.25, 0.3) is 0 Å². The van der Waals surface area contributed by atoms with Crippen LogP contribution >= 0.6 is 11.8 Å².